The van der Waals surface area contributed by atoms with Crippen molar-refractivity contribution in [3.8, 4) is 0 Å². The van der Waals surface area contributed by atoms with Crippen LogP contribution in [0.2, 0.25) is 0 Å². The van der Waals surface area contributed by atoms with Crippen LogP contribution in [0.4, 0.5) is 0 Å². The van der Waals surface area contributed by atoms with E-state index in [0.717, 1.165) is 35.4 Å². The predicted molar refractivity (Wildman–Crippen MR) is 92.4 cm³/mol. The molecule has 0 unspecified atom stereocenters. The molecule has 5 heteroatoms. The van der Waals surface area contributed by atoms with Gasteiger partial charge >= 0.3 is 0 Å². The zero-order valence-corrected chi connectivity index (χ0v) is 14.2. The number of aliphatic hydroxyl groups is 1. The zero-order chi connectivity index (χ0) is 17.1. The number of carbonyl (C=O) groups is 1. The second-order valence-electron chi connectivity index (χ2n) is 6.76. The lowest BCUT2D eigenvalue weighted by atomic mass is 9.75. The van der Waals surface area contributed by atoms with Crippen molar-refractivity contribution in [3.05, 3.63) is 52.8 Å². The maximum absolute atomic E-state index is 12.4. The lowest BCUT2D eigenvalue weighted by molar-refractivity contribution is -0.123. The minimum Gasteiger partial charge on any atom is -0.393 e. The molecule has 1 aromatic carbocycles. The molecule has 0 saturated heterocycles. The highest BCUT2D eigenvalue weighted by Gasteiger charge is 2.35. The summed E-state index contributed by atoms with van der Waals surface area (Å²) in [5.41, 5.74) is 4.24. The van der Waals surface area contributed by atoms with Gasteiger partial charge in [0.1, 0.15) is 0 Å². The van der Waals surface area contributed by atoms with Gasteiger partial charge in [0.15, 0.2) is 0 Å². The van der Waals surface area contributed by atoms with Crippen LogP contribution < -0.4 is 5.32 Å². The Morgan fingerprint density at radius 2 is 2.04 bits per heavy atom. The number of amides is 1. The summed E-state index contributed by atoms with van der Waals surface area (Å²) in [6.45, 7) is 4.01. The molecule has 1 aromatic heterocycles. The van der Waals surface area contributed by atoms with Crippen molar-refractivity contribution >= 4 is 5.91 Å². The third-order valence-corrected chi connectivity index (χ3v) is 5.04. The first-order chi connectivity index (χ1) is 11.5. The van der Waals surface area contributed by atoms with Crippen molar-refractivity contribution in [3.63, 3.8) is 0 Å². The van der Waals surface area contributed by atoms with Crippen LogP contribution in [0, 0.1) is 19.8 Å². The Kier molecular flexibility index (Phi) is 5.00. The molecule has 0 bridgehead atoms. The van der Waals surface area contributed by atoms with Crippen molar-refractivity contribution in [2.45, 2.75) is 51.7 Å². The molecule has 0 radical (unpaired) electrons. The minimum absolute atomic E-state index is 0.0240. The van der Waals surface area contributed by atoms with Crippen LogP contribution in [-0.4, -0.2) is 27.3 Å². The number of aliphatic hydroxyl groups excluding tert-OH is 1. The molecule has 3 N–H and O–H groups in total. The van der Waals surface area contributed by atoms with Gasteiger partial charge in [0.2, 0.25) is 5.91 Å². The van der Waals surface area contributed by atoms with Gasteiger partial charge in [-0.3, -0.25) is 9.89 Å². The van der Waals surface area contributed by atoms with Crippen LogP contribution >= 0.6 is 0 Å². The summed E-state index contributed by atoms with van der Waals surface area (Å²) >= 11 is 0. The molecule has 1 aliphatic carbocycles. The van der Waals surface area contributed by atoms with Gasteiger partial charge in [-0.2, -0.15) is 5.10 Å². The third kappa shape index (κ3) is 3.67. The van der Waals surface area contributed by atoms with Crippen LogP contribution in [0.25, 0.3) is 0 Å². The number of aromatic amines is 1. The fraction of sp³-hybridized carbons (Fsp3) is 0.474. The van der Waals surface area contributed by atoms with Crippen LogP contribution in [0.1, 0.15) is 47.8 Å². The molecule has 1 heterocycles. The molecule has 0 spiro atoms. The summed E-state index contributed by atoms with van der Waals surface area (Å²) < 4.78 is 0. The van der Waals surface area contributed by atoms with E-state index in [4.69, 9.17) is 0 Å². The molecule has 24 heavy (non-hydrogen) atoms. The second-order valence-corrected chi connectivity index (χ2v) is 6.76. The zero-order valence-electron chi connectivity index (χ0n) is 14.2. The van der Waals surface area contributed by atoms with Gasteiger partial charge in [0, 0.05) is 18.5 Å². The lowest BCUT2D eigenvalue weighted by Gasteiger charge is -2.38. The molecule has 128 valence electrons. The number of nitrogens with zero attached hydrogens (tertiary/aromatic N) is 1. The average molecular weight is 327 g/mol. The average Bonchev–Trinajstić information content (AvgIpc) is 2.88. The molecule has 1 fully saturated rings. The van der Waals surface area contributed by atoms with Crippen LogP contribution in [0.3, 0.4) is 0 Å². The normalized spacial score (nSPS) is 21.1. The molecular formula is C19H25N3O2. The minimum atomic E-state index is -0.229. The second kappa shape index (κ2) is 7.18. The fourth-order valence-corrected chi connectivity index (χ4v) is 3.29. The molecule has 3 rings (SSSR count). The van der Waals surface area contributed by atoms with E-state index in [0.29, 0.717) is 18.8 Å². The Morgan fingerprint density at radius 3 is 2.62 bits per heavy atom. The van der Waals surface area contributed by atoms with Gasteiger partial charge in [0.05, 0.1) is 17.8 Å². The van der Waals surface area contributed by atoms with Crippen LogP contribution in [-0.2, 0) is 11.2 Å². The summed E-state index contributed by atoms with van der Waals surface area (Å²) in [4.78, 5) is 12.4. The van der Waals surface area contributed by atoms with Crippen molar-refractivity contribution in [1.29, 1.82) is 0 Å². The van der Waals surface area contributed by atoms with Gasteiger partial charge < -0.3 is 10.4 Å². The molecule has 2 aromatic rings. The Hall–Kier alpha value is -2.14. The van der Waals surface area contributed by atoms with Crippen molar-refractivity contribution in [2.24, 2.45) is 5.92 Å². The number of hydrogen-bond acceptors (Lipinski definition) is 3. The highest BCUT2D eigenvalue weighted by Crippen LogP contribution is 2.38. The summed E-state index contributed by atoms with van der Waals surface area (Å²) in [7, 11) is 0. The molecule has 1 aliphatic rings. The SMILES string of the molecule is Cc1[nH]nc(CCC(=O)N[C@@H](c2ccccc2)C2CC(O)C2)c1C. The first-order valence-electron chi connectivity index (χ1n) is 8.57. The van der Waals surface area contributed by atoms with E-state index in [1.165, 1.54) is 0 Å². The summed E-state index contributed by atoms with van der Waals surface area (Å²) in [5, 5.41) is 20.0. The van der Waals surface area contributed by atoms with E-state index in [1.54, 1.807) is 0 Å². The monoisotopic (exact) mass is 327 g/mol. The van der Waals surface area contributed by atoms with E-state index in [1.807, 2.05) is 44.2 Å². The predicted octanol–water partition coefficient (Wildman–Crippen LogP) is 2.59. The number of benzene rings is 1. The molecule has 1 saturated carbocycles. The maximum Gasteiger partial charge on any atom is 0.220 e. The topological polar surface area (TPSA) is 78.0 Å². The van der Waals surface area contributed by atoms with Gasteiger partial charge in [-0.05, 0) is 43.7 Å². The highest BCUT2D eigenvalue weighted by atomic mass is 16.3. The largest absolute Gasteiger partial charge is 0.393 e. The number of H-pyrrole nitrogens is 1. The Labute approximate surface area is 142 Å². The molecule has 5 nitrogen and oxygen atoms in total. The highest BCUT2D eigenvalue weighted by molar-refractivity contribution is 5.76. The summed E-state index contributed by atoms with van der Waals surface area (Å²) in [5.74, 6) is 0.339. The smallest absolute Gasteiger partial charge is 0.220 e. The molecule has 1 atom stereocenters. The van der Waals surface area contributed by atoms with Crippen molar-refractivity contribution in [1.82, 2.24) is 15.5 Å². The first-order valence-corrected chi connectivity index (χ1v) is 8.57. The number of nitrogens with one attached hydrogen (secondary N) is 2. The number of rotatable bonds is 6. The van der Waals surface area contributed by atoms with E-state index in [2.05, 4.69) is 15.5 Å². The van der Waals surface area contributed by atoms with Crippen LogP contribution in [0.15, 0.2) is 30.3 Å². The van der Waals surface area contributed by atoms with E-state index >= 15 is 0 Å². The van der Waals surface area contributed by atoms with Crippen molar-refractivity contribution < 1.29 is 9.90 Å². The first kappa shape index (κ1) is 16.7. The van der Waals surface area contributed by atoms with Crippen LogP contribution in [0.5, 0.6) is 0 Å². The van der Waals surface area contributed by atoms with E-state index in [9.17, 15) is 9.90 Å². The van der Waals surface area contributed by atoms with E-state index in [-0.39, 0.29) is 18.1 Å². The maximum atomic E-state index is 12.4. The van der Waals surface area contributed by atoms with Gasteiger partial charge in [-0.15, -0.1) is 0 Å². The lowest BCUT2D eigenvalue weighted by Crippen LogP contribution is -2.41. The molecular weight excluding hydrogens is 302 g/mol. The summed E-state index contributed by atoms with van der Waals surface area (Å²) in [6, 6.07) is 10.00. The fourth-order valence-electron chi connectivity index (χ4n) is 3.29. The van der Waals surface area contributed by atoms with Gasteiger partial charge in [-0.25, -0.2) is 0 Å². The Morgan fingerprint density at radius 1 is 1.33 bits per heavy atom. The van der Waals surface area contributed by atoms with E-state index < -0.39 is 0 Å². The number of aryl methyl sites for hydroxylation is 2. The third-order valence-electron chi connectivity index (χ3n) is 5.04. The van der Waals surface area contributed by atoms with Crippen molar-refractivity contribution in [2.75, 3.05) is 0 Å². The number of hydrogen-bond donors (Lipinski definition) is 3. The molecule has 1 amide bonds. The number of carbonyl (C=O) groups excluding carboxylic acids is 1. The summed E-state index contributed by atoms with van der Waals surface area (Å²) in [6.07, 6.45) is 2.32. The Bertz CT molecular complexity index is 690. The molecule has 0 aliphatic heterocycles. The standard InChI is InChI=1S/C19H25N3O2/c1-12-13(2)21-22-17(12)8-9-18(24)20-19(15-10-16(23)11-15)14-6-4-3-5-7-14/h3-7,15-16,19,23H,8-11H2,1-2H3,(H,20,24)(H,21,22)/t15?,16?,19-/m0/s1. The van der Waals surface area contributed by atoms with Gasteiger partial charge in [0.25, 0.3) is 0 Å². The quantitative estimate of drug-likeness (QED) is 0.763. The van der Waals surface area contributed by atoms with Gasteiger partial charge in [-0.1, -0.05) is 30.3 Å². The number of aromatic nitrogens is 2. The Balaban J connectivity index is 1.62.